The summed E-state index contributed by atoms with van der Waals surface area (Å²) in [7, 11) is 0. The molecule has 34 heavy (non-hydrogen) atoms. The Morgan fingerprint density at radius 2 is 1.97 bits per heavy atom. The normalized spacial score (nSPS) is 33.4. The Kier molecular flexibility index (Phi) is 7.90. The molecule has 0 radical (unpaired) electrons. The van der Waals surface area contributed by atoms with Crippen LogP contribution in [0.15, 0.2) is 12.2 Å². The summed E-state index contributed by atoms with van der Waals surface area (Å²) in [6, 6.07) is -1.51. The van der Waals surface area contributed by atoms with E-state index in [2.05, 4.69) is 16.1 Å². The number of rotatable bonds is 2. The number of allylic oxidation sites excluding steroid dienone is 1. The molecule has 0 aromatic carbocycles. The molecule has 0 spiro atoms. The third-order valence-electron chi connectivity index (χ3n) is 6.71. The van der Waals surface area contributed by atoms with Crippen LogP contribution in [-0.4, -0.2) is 58.5 Å². The van der Waals surface area contributed by atoms with Crippen LogP contribution in [0.3, 0.4) is 0 Å². The number of carbonyl (C=O) groups excluding carboxylic acids is 4. The molecule has 190 valence electrons. The van der Waals surface area contributed by atoms with Gasteiger partial charge in [0.25, 0.3) is 5.91 Å². The van der Waals surface area contributed by atoms with E-state index in [0.29, 0.717) is 25.8 Å². The Hall–Kier alpha value is -2.62. The zero-order valence-electron chi connectivity index (χ0n) is 20.7. The maximum atomic E-state index is 13.6. The molecule has 0 bridgehead atoms. The summed E-state index contributed by atoms with van der Waals surface area (Å²) in [5.74, 6) is 4.28. The van der Waals surface area contributed by atoms with Gasteiger partial charge in [0.1, 0.15) is 23.2 Å². The van der Waals surface area contributed by atoms with Gasteiger partial charge in [-0.05, 0) is 58.8 Å². The second-order valence-electron chi connectivity index (χ2n) is 10.9. The number of carbonyl (C=O) groups is 4. The highest BCUT2D eigenvalue weighted by Crippen LogP contribution is 2.45. The summed E-state index contributed by atoms with van der Waals surface area (Å²) in [5, 5.41) is 5.63. The molecule has 2 heterocycles. The van der Waals surface area contributed by atoms with Gasteiger partial charge in [0, 0.05) is 12.5 Å². The zero-order valence-corrected chi connectivity index (χ0v) is 20.7. The van der Waals surface area contributed by atoms with Gasteiger partial charge < -0.3 is 20.3 Å². The predicted molar refractivity (Wildman–Crippen MR) is 126 cm³/mol. The number of amides is 4. The van der Waals surface area contributed by atoms with Crippen molar-refractivity contribution in [3.63, 3.8) is 0 Å². The Morgan fingerprint density at radius 1 is 1.24 bits per heavy atom. The Balaban J connectivity index is 1.84. The first-order chi connectivity index (χ1) is 16.0. The maximum Gasteiger partial charge on any atom is 0.408 e. The molecule has 1 saturated heterocycles. The van der Waals surface area contributed by atoms with Crippen LogP contribution in [-0.2, 0) is 19.1 Å². The van der Waals surface area contributed by atoms with Gasteiger partial charge in [-0.25, -0.2) is 10.6 Å². The van der Waals surface area contributed by atoms with Gasteiger partial charge in [0.05, 0.1) is 0 Å². The van der Waals surface area contributed by atoms with E-state index in [1.165, 1.54) is 0 Å². The number of alkyl carbamates (subject to hydrolysis) is 1. The molecule has 0 aromatic heterocycles. The highest BCUT2D eigenvalue weighted by atomic mass is 16.6. The fraction of sp³-hybridized carbons (Fsp3) is 0.750. The number of hydrazine groups is 1. The lowest BCUT2D eigenvalue weighted by Crippen LogP contribution is -2.58. The molecule has 3 rings (SSSR count). The molecule has 1 aliphatic carbocycles. The first-order valence-corrected chi connectivity index (χ1v) is 12.3. The molecule has 1 saturated carbocycles. The van der Waals surface area contributed by atoms with Gasteiger partial charge in [-0.1, -0.05) is 31.9 Å². The van der Waals surface area contributed by atoms with Crippen LogP contribution in [0, 0.1) is 11.8 Å². The maximum absolute atomic E-state index is 13.6. The van der Waals surface area contributed by atoms with Crippen molar-refractivity contribution in [2.75, 3.05) is 6.54 Å². The van der Waals surface area contributed by atoms with Crippen LogP contribution >= 0.6 is 0 Å². The second kappa shape index (κ2) is 10.3. The average molecular weight is 478 g/mol. The number of nitrogens with one attached hydrogen (secondary N) is 3. The number of nitrogens with two attached hydrogens (primary N) is 1. The second-order valence-corrected chi connectivity index (χ2v) is 10.9. The molecule has 10 nitrogen and oxygen atoms in total. The van der Waals surface area contributed by atoms with Crippen LogP contribution in [0.4, 0.5) is 4.79 Å². The van der Waals surface area contributed by atoms with Crippen LogP contribution < -0.4 is 21.9 Å². The minimum Gasteiger partial charge on any atom is -0.444 e. The fourth-order valence-corrected chi connectivity index (χ4v) is 4.91. The molecule has 0 aromatic rings. The van der Waals surface area contributed by atoms with E-state index in [9.17, 15) is 19.2 Å². The first kappa shape index (κ1) is 26.0. The minimum absolute atomic E-state index is 0.106. The molecule has 5 N–H and O–H groups in total. The van der Waals surface area contributed by atoms with Crippen LogP contribution in [0.2, 0.25) is 0 Å². The van der Waals surface area contributed by atoms with E-state index >= 15 is 0 Å². The van der Waals surface area contributed by atoms with Crippen LogP contribution in [0.25, 0.3) is 0 Å². The van der Waals surface area contributed by atoms with Crippen molar-refractivity contribution < 1.29 is 23.9 Å². The monoisotopic (exact) mass is 477 g/mol. The van der Waals surface area contributed by atoms with E-state index in [0.717, 1.165) is 25.7 Å². The minimum atomic E-state index is -1.09. The molecule has 5 atom stereocenters. The van der Waals surface area contributed by atoms with Crippen LogP contribution in [0.5, 0.6) is 0 Å². The summed E-state index contributed by atoms with van der Waals surface area (Å²) < 4.78 is 5.37. The quantitative estimate of drug-likeness (QED) is 0.205. The van der Waals surface area contributed by atoms with Gasteiger partial charge in [-0.2, -0.15) is 0 Å². The summed E-state index contributed by atoms with van der Waals surface area (Å²) in [4.78, 5) is 53.5. The lowest BCUT2D eigenvalue weighted by Gasteiger charge is -2.30. The molecule has 2 fully saturated rings. The zero-order chi connectivity index (χ0) is 25.1. The number of nitrogens with zero attached hydrogens (tertiary/aromatic N) is 1. The highest BCUT2D eigenvalue weighted by molar-refractivity contribution is 5.98. The van der Waals surface area contributed by atoms with Gasteiger partial charge in [-0.15, -0.1) is 0 Å². The van der Waals surface area contributed by atoms with Crippen molar-refractivity contribution in [2.24, 2.45) is 17.7 Å². The Labute approximate surface area is 201 Å². The summed E-state index contributed by atoms with van der Waals surface area (Å²) in [6.07, 6.45) is 8.16. The summed E-state index contributed by atoms with van der Waals surface area (Å²) in [5.41, 5.74) is 0.399. The number of fused-ring (bicyclic) bond motifs is 2. The Morgan fingerprint density at radius 3 is 2.65 bits per heavy atom. The van der Waals surface area contributed by atoms with E-state index in [1.807, 2.05) is 19.1 Å². The smallest absolute Gasteiger partial charge is 0.408 e. The van der Waals surface area contributed by atoms with Crippen molar-refractivity contribution in [1.29, 1.82) is 0 Å². The Bertz CT molecular complexity index is 838. The average Bonchev–Trinajstić information content (AvgIpc) is 3.29. The van der Waals surface area contributed by atoms with Gasteiger partial charge in [0.15, 0.2) is 0 Å². The lowest BCUT2D eigenvalue weighted by molar-refractivity contribution is -0.141. The first-order valence-electron chi connectivity index (χ1n) is 12.3. The summed E-state index contributed by atoms with van der Waals surface area (Å²) in [6.45, 7) is 7.67. The topological polar surface area (TPSA) is 143 Å². The van der Waals surface area contributed by atoms with E-state index < -0.39 is 35.2 Å². The molecule has 3 aliphatic rings. The molecular weight excluding hydrogens is 438 g/mol. The highest BCUT2D eigenvalue weighted by Gasteiger charge is 2.60. The van der Waals surface area contributed by atoms with Crippen molar-refractivity contribution in [1.82, 2.24) is 21.0 Å². The largest absolute Gasteiger partial charge is 0.444 e. The van der Waals surface area contributed by atoms with Crippen molar-refractivity contribution in [2.45, 2.75) is 95.9 Å². The van der Waals surface area contributed by atoms with E-state index in [-0.39, 0.29) is 23.7 Å². The van der Waals surface area contributed by atoms with Crippen molar-refractivity contribution in [3.05, 3.63) is 12.2 Å². The standard InChI is InChI=1S/C24H39N5O5/c1-15-12-18-19(30)27-24(21(32)28-25)13-16(24)10-8-6-5-7-9-11-17(20(31)29(18)14-15)26-22(33)34-23(2,3)4/h8,10,15-18H,5-7,9,11-14,25H2,1-4H3,(H,26,33)(H,27,30)(H,28,32)/b10-8-/t15-,16?,17+,18+,24-/m1/s1. The van der Waals surface area contributed by atoms with Crippen molar-refractivity contribution >= 4 is 23.8 Å². The SMILES string of the molecule is C[C@@H]1C[C@H]2C(=O)N[C@]3(C(=O)NN)CC3/C=C\CCCCC[C@H](NC(=O)OC(C)(C)C)C(=O)N2C1. The number of hydrogen-bond donors (Lipinski definition) is 4. The van der Waals surface area contributed by atoms with Gasteiger partial charge in [-0.3, -0.25) is 19.8 Å². The van der Waals surface area contributed by atoms with E-state index in [4.69, 9.17) is 10.6 Å². The molecular formula is C24H39N5O5. The summed E-state index contributed by atoms with van der Waals surface area (Å²) >= 11 is 0. The number of ether oxygens (including phenoxy) is 1. The molecule has 2 aliphatic heterocycles. The third-order valence-corrected chi connectivity index (χ3v) is 6.71. The predicted octanol–water partition coefficient (Wildman–Crippen LogP) is 1.50. The molecule has 4 amide bonds. The number of hydrogen-bond acceptors (Lipinski definition) is 6. The van der Waals surface area contributed by atoms with Crippen LogP contribution in [0.1, 0.15) is 72.6 Å². The van der Waals surface area contributed by atoms with Gasteiger partial charge >= 0.3 is 6.09 Å². The third kappa shape index (κ3) is 6.08. The fourth-order valence-electron chi connectivity index (χ4n) is 4.91. The van der Waals surface area contributed by atoms with Gasteiger partial charge in [0.2, 0.25) is 11.8 Å². The van der Waals surface area contributed by atoms with E-state index in [1.54, 1.807) is 25.7 Å². The molecule has 10 heteroatoms. The van der Waals surface area contributed by atoms with Crippen molar-refractivity contribution in [3.8, 4) is 0 Å². The lowest BCUT2D eigenvalue weighted by atomic mass is 10.0. The molecule has 1 unspecified atom stereocenters.